The van der Waals surface area contributed by atoms with Crippen molar-refractivity contribution in [1.29, 1.82) is 0 Å². The molecule has 0 spiro atoms. The van der Waals surface area contributed by atoms with Gasteiger partial charge in [0.25, 0.3) is 0 Å². The number of carbonyl (C=O) groups is 1. The largest absolute Gasteiger partial charge is 0.493 e. The van der Waals surface area contributed by atoms with Crippen LogP contribution in [0.2, 0.25) is 5.02 Å². The lowest BCUT2D eigenvalue weighted by molar-refractivity contribution is -0.113. The Morgan fingerprint density at radius 3 is 2.72 bits per heavy atom. The van der Waals surface area contributed by atoms with Gasteiger partial charge in [0.1, 0.15) is 23.7 Å². The monoisotopic (exact) mass is 557 g/mol. The van der Waals surface area contributed by atoms with Crippen LogP contribution < -0.4 is 15.8 Å². The van der Waals surface area contributed by atoms with Crippen LogP contribution in [0.1, 0.15) is 12.0 Å². The summed E-state index contributed by atoms with van der Waals surface area (Å²) in [7, 11) is 0. The Labute approximate surface area is 225 Å². The van der Waals surface area contributed by atoms with Gasteiger partial charge in [0.2, 0.25) is 5.91 Å². The number of benzene rings is 2. The minimum Gasteiger partial charge on any atom is -0.493 e. The Balaban J connectivity index is 0.00000228. The normalized spacial score (nSPS) is 13.7. The lowest BCUT2D eigenvalue weighted by atomic mass is 10.1. The number of fused-ring (bicyclic) bond motifs is 1. The molecule has 0 bridgehead atoms. The van der Waals surface area contributed by atoms with Crippen LogP contribution in [-0.4, -0.2) is 60.2 Å². The number of aromatic nitrogens is 2. The van der Waals surface area contributed by atoms with E-state index in [2.05, 4.69) is 20.2 Å². The molecule has 1 aliphatic heterocycles. The number of halogens is 4. The molecule has 36 heavy (non-hydrogen) atoms. The van der Waals surface area contributed by atoms with Crippen molar-refractivity contribution in [2.75, 3.05) is 44.8 Å². The number of nitrogens with one attached hydrogen (secondary N) is 1. The highest BCUT2D eigenvalue weighted by Crippen LogP contribution is 2.31. The van der Waals surface area contributed by atoms with Gasteiger partial charge in [-0.3, -0.25) is 9.69 Å². The summed E-state index contributed by atoms with van der Waals surface area (Å²) in [4.78, 5) is 22.4. The van der Waals surface area contributed by atoms with Gasteiger partial charge in [0.15, 0.2) is 0 Å². The maximum atomic E-state index is 13.5. The van der Waals surface area contributed by atoms with E-state index in [9.17, 15) is 9.18 Å². The maximum absolute atomic E-state index is 13.5. The van der Waals surface area contributed by atoms with E-state index in [1.54, 1.807) is 18.2 Å². The molecule has 4 rings (SSSR count). The van der Waals surface area contributed by atoms with Gasteiger partial charge >= 0.3 is 0 Å². The number of nitrogens with zero attached hydrogens (tertiary/aromatic N) is 3. The number of primary amides is 1. The molecule has 194 valence electrons. The van der Waals surface area contributed by atoms with Gasteiger partial charge in [0.05, 0.1) is 30.4 Å². The Morgan fingerprint density at radius 2 is 2.00 bits per heavy atom. The standard InChI is InChI=1S/C24H25ClFN5O3.2ClH/c25-19-13-17(3-4-20(19)26)30-24-18-12-16(2-5-23(27)32)22(14-21(18)28-15-29-24)34-9-1-6-31-7-10-33-11-8-31;;/h2-5,12-15H,1,6-11H2,(H2,27,32)(H,28,29,30);2*1H. The van der Waals surface area contributed by atoms with Crippen LogP contribution in [0.25, 0.3) is 17.0 Å². The number of hydrogen-bond acceptors (Lipinski definition) is 7. The van der Waals surface area contributed by atoms with Gasteiger partial charge in [-0.1, -0.05) is 11.6 Å². The number of rotatable bonds is 9. The highest BCUT2D eigenvalue weighted by molar-refractivity contribution is 6.31. The first-order chi connectivity index (χ1) is 16.5. The van der Waals surface area contributed by atoms with Crippen LogP contribution in [-0.2, 0) is 9.53 Å². The number of nitrogens with two attached hydrogens (primary N) is 1. The van der Waals surface area contributed by atoms with Gasteiger partial charge in [-0.05, 0) is 36.8 Å². The molecule has 0 atom stereocenters. The third-order valence-corrected chi connectivity index (χ3v) is 5.65. The summed E-state index contributed by atoms with van der Waals surface area (Å²) in [6.45, 7) is 4.79. The summed E-state index contributed by atoms with van der Waals surface area (Å²) in [5, 5.41) is 3.83. The lowest BCUT2D eigenvalue weighted by Gasteiger charge is -2.26. The molecule has 2 heterocycles. The van der Waals surface area contributed by atoms with E-state index in [1.165, 1.54) is 24.5 Å². The minimum atomic E-state index is -0.568. The molecule has 0 unspecified atom stereocenters. The minimum absolute atomic E-state index is 0. The van der Waals surface area contributed by atoms with E-state index in [1.807, 2.05) is 6.07 Å². The van der Waals surface area contributed by atoms with Crippen molar-refractivity contribution in [3.8, 4) is 5.75 Å². The topological polar surface area (TPSA) is 103 Å². The fourth-order valence-corrected chi connectivity index (χ4v) is 3.81. The van der Waals surface area contributed by atoms with Crippen molar-refractivity contribution < 1.29 is 18.7 Å². The van der Waals surface area contributed by atoms with Crippen molar-refractivity contribution in [2.24, 2.45) is 5.73 Å². The van der Waals surface area contributed by atoms with Crippen molar-refractivity contribution in [1.82, 2.24) is 14.9 Å². The maximum Gasteiger partial charge on any atom is 0.241 e. The Morgan fingerprint density at radius 1 is 1.22 bits per heavy atom. The van der Waals surface area contributed by atoms with Crippen LogP contribution in [0, 0.1) is 5.82 Å². The van der Waals surface area contributed by atoms with Gasteiger partial charge < -0.3 is 20.5 Å². The summed E-state index contributed by atoms with van der Waals surface area (Å²) >= 11 is 5.90. The first-order valence-corrected chi connectivity index (χ1v) is 11.3. The summed E-state index contributed by atoms with van der Waals surface area (Å²) in [5.41, 5.74) is 7.18. The van der Waals surface area contributed by atoms with E-state index in [0.29, 0.717) is 40.3 Å². The zero-order valence-corrected chi connectivity index (χ0v) is 21.7. The Kier molecular flexibility index (Phi) is 11.6. The van der Waals surface area contributed by atoms with Gasteiger partial charge in [-0.25, -0.2) is 14.4 Å². The third kappa shape index (κ3) is 7.91. The quantitative estimate of drug-likeness (QED) is 0.292. The van der Waals surface area contributed by atoms with E-state index in [-0.39, 0.29) is 29.8 Å². The van der Waals surface area contributed by atoms with Gasteiger partial charge in [0, 0.05) is 48.4 Å². The molecule has 12 heteroatoms. The average Bonchev–Trinajstić information content (AvgIpc) is 2.83. The molecule has 0 aliphatic carbocycles. The highest BCUT2D eigenvalue weighted by atomic mass is 35.5. The molecular weight excluding hydrogens is 532 g/mol. The highest BCUT2D eigenvalue weighted by Gasteiger charge is 2.13. The predicted octanol–water partition coefficient (Wildman–Crippen LogP) is 4.61. The summed E-state index contributed by atoms with van der Waals surface area (Å²) in [6, 6.07) is 7.94. The fourth-order valence-electron chi connectivity index (χ4n) is 3.63. The second-order valence-corrected chi connectivity index (χ2v) is 8.18. The van der Waals surface area contributed by atoms with Gasteiger partial charge in [-0.2, -0.15) is 0 Å². The second kappa shape index (κ2) is 14.2. The number of hydrogen-bond donors (Lipinski definition) is 2. The molecule has 1 aliphatic rings. The number of anilines is 2. The molecule has 1 fully saturated rings. The SMILES string of the molecule is Cl.Cl.NC(=O)C=Cc1cc2c(Nc3ccc(F)c(Cl)c3)ncnc2cc1OCCCN1CCOCC1. The molecule has 1 amide bonds. The molecule has 8 nitrogen and oxygen atoms in total. The van der Waals surface area contributed by atoms with E-state index >= 15 is 0 Å². The molecule has 0 radical (unpaired) electrons. The zero-order chi connectivity index (χ0) is 23.9. The number of amides is 1. The van der Waals surface area contributed by atoms with Crippen molar-refractivity contribution >= 4 is 70.8 Å². The third-order valence-electron chi connectivity index (χ3n) is 5.36. The Bertz CT molecular complexity index is 1210. The van der Waals surface area contributed by atoms with Gasteiger partial charge in [-0.15, -0.1) is 24.8 Å². The lowest BCUT2D eigenvalue weighted by Crippen LogP contribution is -2.37. The van der Waals surface area contributed by atoms with Crippen LogP contribution in [0.5, 0.6) is 5.75 Å². The predicted molar refractivity (Wildman–Crippen MR) is 144 cm³/mol. The smallest absolute Gasteiger partial charge is 0.241 e. The molecule has 2 aromatic carbocycles. The molecule has 1 aromatic heterocycles. The second-order valence-electron chi connectivity index (χ2n) is 7.78. The number of morpholine rings is 1. The first kappa shape index (κ1) is 29.5. The van der Waals surface area contributed by atoms with E-state index < -0.39 is 11.7 Å². The molecular formula is C24H27Cl3FN5O3. The molecule has 0 saturated carbocycles. The molecule has 3 N–H and O–H groups in total. The van der Waals surface area contributed by atoms with Crippen molar-refractivity contribution in [2.45, 2.75) is 6.42 Å². The van der Waals surface area contributed by atoms with Crippen LogP contribution in [0.15, 0.2) is 42.7 Å². The summed E-state index contributed by atoms with van der Waals surface area (Å²) in [5.74, 6) is 0.0118. The fraction of sp³-hybridized carbons (Fsp3) is 0.292. The van der Waals surface area contributed by atoms with Crippen molar-refractivity contribution in [3.63, 3.8) is 0 Å². The van der Waals surface area contributed by atoms with Crippen LogP contribution >= 0.6 is 36.4 Å². The average molecular weight is 559 g/mol. The van der Waals surface area contributed by atoms with E-state index in [4.69, 9.17) is 26.8 Å². The molecule has 3 aromatic rings. The van der Waals surface area contributed by atoms with E-state index in [0.717, 1.165) is 39.3 Å². The first-order valence-electron chi connectivity index (χ1n) is 10.9. The summed E-state index contributed by atoms with van der Waals surface area (Å²) < 4.78 is 25.0. The zero-order valence-electron chi connectivity index (χ0n) is 19.3. The summed E-state index contributed by atoms with van der Waals surface area (Å²) in [6.07, 6.45) is 5.15. The van der Waals surface area contributed by atoms with Crippen molar-refractivity contribution in [3.05, 3.63) is 59.1 Å². The number of ether oxygens (including phenoxy) is 2. The Hall–Kier alpha value is -2.69. The van der Waals surface area contributed by atoms with Crippen LogP contribution in [0.4, 0.5) is 15.9 Å². The van der Waals surface area contributed by atoms with Crippen LogP contribution in [0.3, 0.4) is 0 Å². The number of carbonyl (C=O) groups excluding carboxylic acids is 1. The molecule has 1 saturated heterocycles.